The summed E-state index contributed by atoms with van der Waals surface area (Å²) in [6.07, 6.45) is 8.28. The van der Waals surface area contributed by atoms with Gasteiger partial charge in [-0.05, 0) is 60.6 Å². The van der Waals surface area contributed by atoms with E-state index in [1.54, 1.807) is 24.2 Å². The van der Waals surface area contributed by atoms with Crippen molar-refractivity contribution in [2.45, 2.75) is 25.3 Å². The molecule has 2 fully saturated rings. The molecule has 3 aliphatic heterocycles. The number of carbonyl (C=O) groups is 2. The molecule has 0 N–H and O–H groups in total. The van der Waals surface area contributed by atoms with Crippen LogP contribution in [0.15, 0.2) is 55.2 Å². The number of carbonyl (C=O) groups excluding carboxylic acids is 2. The Bertz CT molecular complexity index is 923. The van der Waals surface area contributed by atoms with Gasteiger partial charge in [0.25, 0.3) is 0 Å². The van der Waals surface area contributed by atoms with Crippen LogP contribution in [-0.2, 0) is 11.2 Å². The molecule has 2 atom stereocenters. The Hall–Kier alpha value is -2.86. The molecular formula is C25H31N3O3. The Kier molecular flexibility index (Phi) is 6.28. The van der Waals surface area contributed by atoms with Crippen molar-refractivity contribution in [3.8, 4) is 5.75 Å². The van der Waals surface area contributed by atoms with Crippen LogP contribution in [-0.4, -0.2) is 66.5 Å². The minimum absolute atomic E-state index is 0.110. The second-order valence-corrected chi connectivity index (χ2v) is 8.65. The first kappa shape index (κ1) is 21.4. The van der Waals surface area contributed by atoms with Crippen molar-refractivity contribution in [2.24, 2.45) is 5.92 Å². The van der Waals surface area contributed by atoms with Crippen LogP contribution in [0.5, 0.6) is 5.75 Å². The number of methoxy groups -OCH3 is 1. The average molecular weight is 422 g/mol. The number of hydrogen-bond acceptors (Lipinski definition) is 4. The number of benzene rings is 1. The van der Waals surface area contributed by atoms with Crippen LogP contribution < -0.4 is 4.74 Å². The van der Waals surface area contributed by atoms with Crippen LogP contribution in [0.25, 0.3) is 0 Å². The van der Waals surface area contributed by atoms with Gasteiger partial charge < -0.3 is 9.64 Å². The van der Waals surface area contributed by atoms with E-state index in [1.165, 1.54) is 16.0 Å². The quantitative estimate of drug-likeness (QED) is 0.499. The van der Waals surface area contributed by atoms with Crippen LogP contribution >= 0.6 is 0 Å². The highest BCUT2D eigenvalue weighted by Crippen LogP contribution is 2.40. The standard InChI is InChI=1S/C25H31N3O3/c1-4-5-6-18(2)15-27-17-24(29)28(25(27)30)16-19-9-11-26-12-10-20-14-21(31-3)7-8-22(20)23(26)13-19/h4-8,14,19,23H,1-2,9-13,15-17H2,3H3/b6-5-/t19-,23+/m1/s1. The Morgan fingerprint density at radius 1 is 1.29 bits per heavy atom. The number of fused-ring (bicyclic) bond motifs is 3. The molecule has 0 radical (unpaired) electrons. The van der Waals surface area contributed by atoms with Crippen molar-refractivity contribution in [3.63, 3.8) is 0 Å². The first-order chi connectivity index (χ1) is 15.0. The molecule has 3 heterocycles. The highest BCUT2D eigenvalue weighted by Gasteiger charge is 2.40. The zero-order valence-electron chi connectivity index (χ0n) is 18.3. The lowest BCUT2D eigenvalue weighted by atomic mass is 9.82. The van der Waals surface area contributed by atoms with Gasteiger partial charge in [-0.2, -0.15) is 0 Å². The number of hydrogen-bond donors (Lipinski definition) is 0. The van der Waals surface area contributed by atoms with Crippen molar-refractivity contribution in [3.05, 3.63) is 66.3 Å². The van der Waals surface area contributed by atoms with Gasteiger partial charge in [0, 0.05) is 25.7 Å². The first-order valence-corrected chi connectivity index (χ1v) is 11.0. The maximum Gasteiger partial charge on any atom is 0.327 e. The summed E-state index contributed by atoms with van der Waals surface area (Å²) in [5.74, 6) is 1.10. The third-order valence-electron chi connectivity index (χ3n) is 6.63. The lowest BCUT2D eigenvalue weighted by Gasteiger charge is -2.44. The van der Waals surface area contributed by atoms with E-state index in [9.17, 15) is 9.59 Å². The summed E-state index contributed by atoms with van der Waals surface area (Å²) in [7, 11) is 1.70. The second-order valence-electron chi connectivity index (χ2n) is 8.65. The normalized spacial score (nSPS) is 23.8. The van der Waals surface area contributed by atoms with E-state index in [1.807, 2.05) is 12.1 Å². The maximum atomic E-state index is 12.9. The molecule has 6 nitrogen and oxygen atoms in total. The van der Waals surface area contributed by atoms with Crippen LogP contribution in [0.3, 0.4) is 0 Å². The lowest BCUT2D eigenvalue weighted by molar-refractivity contribution is -0.126. The molecule has 2 saturated heterocycles. The van der Waals surface area contributed by atoms with Crippen molar-refractivity contribution >= 4 is 11.9 Å². The summed E-state index contributed by atoms with van der Waals surface area (Å²) in [5, 5.41) is 0. The van der Waals surface area contributed by atoms with Crippen molar-refractivity contribution in [2.75, 3.05) is 39.8 Å². The predicted octanol–water partition coefficient (Wildman–Crippen LogP) is 3.57. The molecule has 6 heteroatoms. The van der Waals surface area contributed by atoms with Crippen LogP contribution in [0.1, 0.15) is 30.0 Å². The SMILES string of the molecule is C=C/C=C\C(=C)CN1CC(=O)N(C[C@@H]2CCN3CCc4cc(OC)ccc4[C@@H]3C2)C1=O. The van der Waals surface area contributed by atoms with Crippen LogP contribution in [0.4, 0.5) is 4.79 Å². The average Bonchev–Trinajstić information content (AvgIpc) is 3.04. The van der Waals surface area contributed by atoms with Gasteiger partial charge in [-0.25, -0.2) is 4.79 Å². The van der Waals surface area contributed by atoms with Gasteiger partial charge >= 0.3 is 6.03 Å². The molecule has 0 bridgehead atoms. The number of urea groups is 1. The molecule has 3 aliphatic rings. The molecule has 0 saturated carbocycles. The highest BCUT2D eigenvalue weighted by molar-refractivity contribution is 6.02. The van der Waals surface area contributed by atoms with Crippen LogP contribution in [0, 0.1) is 5.92 Å². The Labute approximate surface area is 184 Å². The number of imide groups is 1. The summed E-state index contributed by atoms with van der Waals surface area (Å²) in [5.41, 5.74) is 3.50. The van der Waals surface area contributed by atoms with E-state index in [0.29, 0.717) is 25.0 Å². The number of amides is 3. The van der Waals surface area contributed by atoms with Crippen LogP contribution in [0.2, 0.25) is 0 Å². The van der Waals surface area contributed by atoms with E-state index < -0.39 is 0 Å². The smallest absolute Gasteiger partial charge is 0.327 e. The molecule has 1 aromatic carbocycles. The topological polar surface area (TPSA) is 53.1 Å². The van der Waals surface area contributed by atoms with Crippen molar-refractivity contribution < 1.29 is 14.3 Å². The zero-order valence-corrected chi connectivity index (χ0v) is 18.3. The Morgan fingerprint density at radius 3 is 2.90 bits per heavy atom. The van der Waals surface area contributed by atoms with Gasteiger partial charge in [0.15, 0.2) is 0 Å². The van der Waals surface area contributed by atoms with E-state index in [2.05, 4.69) is 30.2 Å². The molecule has 0 unspecified atom stereocenters. The fraction of sp³-hybridized carbons (Fsp3) is 0.440. The van der Waals surface area contributed by atoms with E-state index >= 15 is 0 Å². The Balaban J connectivity index is 1.41. The largest absolute Gasteiger partial charge is 0.497 e. The van der Waals surface area contributed by atoms with Gasteiger partial charge in [0.2, 0.25) is 5.91 Å². The highest BCUT2D eigenvalue weighted by atomic mass is 16.5. The molecule has 31 heavy (non-hydrogen) atoms. The molecule has 164 valence electrons. The molecular weight excluding hydrogens is 390 g/mol. The number of rotatable bonds is 7. The molecule has 1 aromatic rings. The zero-order chi connectivity index (χ0) is 22.0. The number of ether oxygens (including phenoxy) is 1. The maximum absolute atomic E-state index is 12.9. The fourth-order valence-corrected chi connectivity index (χ4v) is 5.02. The van der Waals surface area contributed by atoms with E-state index in [0.717, 1.165) is 43.7 Å². The van der Waals surface area contributed by atoms with Gasteiger partial charge in [-0.1, -0.05) is 37.5 Å². The van der Waals surface area contributed by atoms with E-state index in [4.69, 9.17) is 4.74 Å². The van der Waals surface area contributed by atoms with Crippen molar-refractivity contribution in [1.29, 1.82) is 0 Å². The van der Waals surface area contributed by atoms with Gasteiger partial charge in [0.05, 0.1) is 7.11 Å². The summed E-state index contributed by atoms with van der Waals surface area (Å²) in [6, 6.07) is 6.51. The summed E-state index contributed by atoms with van der Waals surface area (Å²) >= 11 is 0. The fourth-order valence-electron chi connectivity index (χ4n) is 5.02. The third kappa shape index (κ3) is 4.44. The van der Waals surface area contributed by atoms with Crippen molar-refractivity contribution in [1.82, 2.24) is 14.7 Å². The number of piperidine rings is 1. The van der Waals surface area contributed by atoms with Gasteiger partial charge in [-0.15, -0.1) is 0 Å². The molecule has 3 amide bonds. The molecule has 0 aromatic heterocycles. The number of allylic oxidation sites excluding steroid dienone is 2. The predicted molar refractivity (Wildman–Crippen MR) is 121 cm³/mol. The second kappa shape index (κ2) is 9.10. The molecule has 0 aliphatic carbocycles. The minimum atomic E-state index is -0.200. The summed E-state index contributed by atoms with van der Waals surface area (Å²) in [6.45, 7) is 10.6. The monoisotopic (exact) mass is 421 g/mol. The van der Waals surface area contributed by atoms with Gasteiger partial charge in [-0.3, -0.25) is 14.6 Å². The molecule has 0 spiro atoms. The third-order valence-corrected chi connectivity index (χ3v) is 6.63. The molecule has 4 rings (SSSR count). The summed E-state index contributed by atoms with van der Waals surface area (Å²) in [4.78, 5) is 31.0. The number of nitrogens with zero attached hydrogens (tertiary/aromatic N) is 3. The summed E-state index contributed by atoms with van der Waals surface area (Å²) < 4.78 is 5.39. The Morgan fingerprint density at radius 2 is 2.13 bits per heavy atom. The minimum Gasteiger partial charge on any atom is -0.497 e. The first-order valence-electron chi connectivity index (χ1n) is 11.0. The lowest BCUT2D eigenvalue weighted by Crippen LogP contribution is -2.45. The van der Waals surface area contributed by atoms with Gasteiger partial charge in [0.1, 0.15) is 12.3 Å². The van der Waals surface area contributed by atoms with E-state index in [-0.39, 0.29) is 18.5 Å².